The van der Waals surface area contributed by atoms with Gasteiger partial charge in [0.05, 0.1) is 5.92 Å². The maximum absolute atomic E-state index is 5.34. The van der Waals surface area contributed by atoms with Gasteiger partial charge in [-0.2, -0.15) is 0 Å². The van der Waals surface area contributed by atoms with E-state index in [1.54, 1.807) is 6.08 Å². The highest BCUT2D eigenvalue weighted by Gasteiger charge is 1.97. The molecular weight excluding hydrogens is 168 g/mol. The minimum atomic E-state index is 0.0460. The lowest BCUT2D eigenvalue weighted by atomic mass is 10.0. The van der Waals surface area contributed by atoms with Crippen molar-refractivity contribution in [2.24, 2.45) is 5.92 Å². The highest BCUT2D eigenvalue weighted by Crippen LogP contribution is 2.13. The van der Waals surface area contributed by atoms with Crippen LogP contribution in [-0.4, -0.2) is 0 Å². The largest absolute Gasteiger partial charge is 0.119 e. The molecule has 0 saturated carbocycles. The van der Waals surface area contributed by atoms with Crippen molar-refractivity contribution in [2.75, 3.05) is 0 Å². The van der Waals surface area contributed by atoms with Crippen molar-refractivity contribution in [2.45, 2.75) is 32.6 Å². The quantitative estimate of drug-likeness (QED) is 0.244. The van der Waals surface area contributed by atoms with Crippen molar-refractivity contribution in [3.05, 3.63) is 37.0 Å². The highest BCUT2D eigenvalue weighted by molar-refractivity contribution is 5.23. The summed E-state index contributed by atoms with van der Waals surface area (Å²) in [6.07, 6.45) is 15.9. The first kappa shape index (κ1) is 12.8. The van der Waals surface area contributed by atoms with E-state index in [-0.39, 0.29) is 5.92 Å². The van der Waals surface area contributed by atoms with Gasteiger partial charge in [0.1, 0.15) is 0 Å². The second kappa shape index (κ2) is 8.38. The Morgan fingerprint density at radius 2 is 2.14 bits per heavy atom. The van der Waals surface area contributed by atoms with E-state index in [2.05, 4.69) is 32.1 Å². The molecule has 0 heteroatoms. The molecule has 0 fully saturated rings. The van der Waals surface area contributed by atoms with Gasteiger partial charge in [-0.25, -0.2) is 0 Å². The van der Waals surface area contributed by atoms with Crippen LogP contribution in [0, 0.1) is 18.3 Å². The first-order chi connectivity index (χ1) is 6.78. The Hall–Kier alpha value is -1.22. The lowest BCUT2D eigenvalue weighted by molar-refractivity contribution is 0.717. The molecule has 76 valence electrons. The van der Waals surface area contributed by atoms with Crippen LogP contribution in [0.2, 0.25) is 0 Å². The van der Waals surface area contributed by atoms with E-state index in [9.17, 15) is 0 Å². The molecule has 0 heterocycles. The van der Waals surface area contributed by atoms with Gasteiger partial charge in [-0.3, -0.25) is 0 Å². The third kappa shape index (κ3) is 5.43. The van der Waals surface area contributed by atoms with Crippen LogP contribution in [0.3, 0.4) is 0 Å². The summed E-state index contributed by atoms with van der Waals surface area (Å²) in [4.78, 5) is 0. The van der Waals surface area contributed by atoms with Crippen LogP contribution in [0.25, 0.3) is 0 Å². The molecule has 0 amide bonds. The van der Waals surface area contributed by atoms with Crippen LogP contribution in [0.1, 0.15) is 32.6 Å². The number of allylic oxidation sites excluding steroid dienone is 4. The Labute approximate surface area is 88.4 Å². The Morgan fingerprint density at radius 3 is 2.57 bits per heavy atom. The summed E-state index contributed by atoms with van der Waals surface area (Å²) in [5.74, 6) is 2.71. The zero-order valence-electron chi connectivity index (χ0n) is 9.13. The maximum Gasteiger partial charge on any atom is 0.0563 e. The minimum absolute atomic E-state index is 0.0460. The molecule has 0 aliphatic rings. The van der Waals surface area contributed by atoms with E-state index in [1.807, 2.05) is 6.08 Å². The molecule has 1 unspecified atom stereocenters. The van der Waals surface area contributed by atoms with Gasteiger partial charge in [0.15, 0.2) is 0 Å². The lowest BCUT2D eigenvalue weighted by Gasteiger charge is -2.03. The standard InChI is InChI=1S/C14H20/c1-5-9-10-11-14(8-4)12-13(6-2)7-3/h2,7-8,12-13H,3-5,9-11H2,1H3/b14-12-. The number of rotatable bonds is 7. The molecule has 0 aliphatic carbocycles. The fraction of sp³-hybridized carbons (Fsp3) is 0.429. The van der Waals surface area contributed by atoms with Crippen LogP contribution in [-0.2, 0) is 0 Å². The summed E-state index contributed by atoms with van der Waals surface area (Å²) in [6.45, 7) is 9.68. The summed E-state index contributed by atoms with van der Waals surface area (Å²) in [7, 11) is 0. The van der Waals surface area contributed by atoms with Crippen molar-refractivity contribution in [3.8, 4) is 12.3 Å². The molecule has 0 aromatic rings. The van der Waals surface area contributed by atoms with Crippen molar-refractivity contribution in [1.82, 2.24) is 0 Å². The average molecular weight is 188 g/mol. The molecule has 14 heavy (non-hydrogen) atoms. The van der Waals surface area contributed by atoms with Crippen molar-refractivity contribution >= 4 is 0 Å². The molecule has 0 spiro atoms. The van der Waals surface area contributed by atoms with Gasteiger partial charge in [-0.15, -0.1) is 13.0 Å². The second-order valence-corrected chi connectivity index (χ2v) is 3.33. The van der Waals surface area contributed by atoms with Gasteiger partial charge < -0.3 is 0 Å². The lowest BCUT2D eigenvalue weighted by Crippen LogP contribution is -1.89. The number of hydrogen-bond acceptors (Lipinski definition) is 0. The predicted molar refractivity (Wildman–Crippen MR) is 64.9 cm³/mol. The van der Waals surface area contributed by atoms with Gasteiger partial charge in [0.2, 0.25) is 0 Å². The average Bonchev–Trinajstić information content (AvgIpc) is 2.23. The Balaban J connectivity index is 4.17. The normalized spacial score (nSPS) is 13.0. The molecule has 0 aliphatic heterocycles. The first-order valence-electron chi connectivity index (χ1n) is 5.20. The van der Waals surface area contributed by atoms with E-state index in [4.69, 9.17) is 6.42 Å². The van der Waals surface area contributed by atoms with Crippen LogP contribution < -0.4 is 0 Å². The van der Waals surface area contributed by atoms with Crippen molar-refractivity contribution < 1.29 is 0 Å². The molecule has 0 aromatic heterocycles. The summed E-state index contributed by atoms with van der Waals surface area (Å²) in [5.41, 5.74) is 1.24. The van der Waals surface area contributed by atoms with Gasteiger partial charge in [-0.1, -0.05) is 56.1 Å². The smallest absolute Gasteiger partial charge is 0.0563 e. The molecule has 0 saturated heterocycles. The molecule has 0 radical (unpaired) electrons. The van der Waals surface area contributed by atoms with E-state index in [0.29, 0.717) is 0 Å². The van der Waals surface area contributed by atoms with Gasteiger partial charge in [0.25, 0.3) is 0 Å². The van der Waals surface area contributed by atoms with E-state index < -0.39 is 0 Å². The molecule has 0 bridgehead atoms. The monoisotopic (exact) mass is 188 g/mol. The molecular formula is C14H20. The number of hydrogen-bond donors (Lipinski definition) is 0. The SMILES string of the molecule is C#CC(C=C)/C=C(/C=C)CCCCC. The van der Waals surface area contributed by atoms with Crippen LogP contribution in [0.5, 0.6) is 0 Å². The maximum atomic E-state index is 5.34. The fourth-order valence-corrected chi connectivity index (χ4v) is 1.25. The van der Waals surface area contributed by atoms with E-state index in [1.165, 1.54) is 24.8 Å². The van der Waals surface area contributed by atoms with Crippen LogP contribution in [0.4, 0.5) is 0 Å². The van der Waals surface area contributed by atoms with Crippen molar-refractivity contribution in [1.29, 1.82) is 0 Å². The Bertz CT molecular complexity index is 237. The summed E-state index contributed by atoms with van der Waals surface area (Å²) in [6, 6.07) is 0. The Morgan fingerprint density at radius 1 is 1.43 bits per heavy atom. The summed E-state index contributed by atoms with van der Waals surface area (Å²) < 4.78 is 0. The first-order valence-corrected chi connectivity index (χ1v) is 5.20. The fourth-order valence-electron chi connectivity index (χ4n) is 1.25. The van der Waals surface area contributed by atoms with E-state index >= 15 is 0 Å². The zero-order chi connectivity index (χ0) is 10.8. The second-order valence-electron chi connectivity index (χ2n) is 3.33. The van der Waals surface area contributed by atoms with Crippen LogP contribution in [0.15, 0.2) is 37.0 Å². The Kier molecular flexibility index (Phi) is 7.65. The predicted octanol–water partition coefficient (Wildman–Crippen LogP) is 4.11. The topological polar surface area (TPSA) is 0 Å². The molecule has 0 aromatic carbocycles. The summed E-state index contributed by atoms with van der Waals surface area (Å²) >= 11 is 0. The molecule has 0 rings (SSSR count). The number of unbranched alkanes of at least 4 members (excludes halogenated alkanes) is 2. The third-order valence-electron chi connectivity index (χ3n) is 2.17. The zero-order valence-corrected chi connectivity index (χ0v) is 9.13. The number of terminal acetylenes is 1. The minimum Gasteiger partial charge on any atom is -0.119 e. The summed E-state index contributed by atoms with van der Waals surface area (Å²) in [5, 5.41) is 0. The molecule has 0 N–H and O–H groups in total. The van der Waals surface area contributed by atoms with E-state index in [0.717, 1.165) is 6.42 Å². The van der Waals surface area contributed by atoms with Gasteiger partial charge >= 0.3 is 0 Å². The van der Waals surface area contributed by atoms with Gasteiger partial charge in [-0.05, 0) is 12.8 Å². The highest BCUT2D eigenvalue weighted by atomic mass is 14.0. The van der Waals surface area contributed by atoms with Gasteiger partial charge in [0, 0.05) is 0 Å². The van der Waals surface area contributed by atoms with Crippen LogP contribution >= 0.6 is 0 Å². The molecule has 1 atom stereocenters. The van der Waals surface area contributed by atoms with Crippen molar-refractivity contribution in [3.63, 3.8) is 0 Å². The third-order valence-corrected chi connectivity index (χ3v) is 2.17. The molecule has 0 nitrogen and oxygen atoms in total.